The number of nitrogens with one attached hydrogen (secondary N) is 1. The first kappa shape index (κ1) is 14.6. The van der Waals surface area contributed by atoms with Crippen LogP contribution in [0.3, 0.4) is 0 Å². The average molecular weight is 289 g/mol. The first-order chi connectivity index (χ1) is 10.4. The smallest absolute Gasteiger partial charge is 0.171 e. The molecule has 0 amide bonds. The molecule has 0 aromatic carbocycles. The van der Waals surface area contributed by atoms with Gasteiger partial charge in [-0.3, -0.25) is 0 Å². The Hall–Kier alpha value is -1.29. The minimum atomic E-state index is 0.672. The molecule has 21 heavy (non-hydrogen) atoms. The zero-order valence-electron chi connectivity index (χ0n) is 13.1. The highest BCUT2D eigenvalue weighted by Crippen LogP contribution is 2.36. The van der Waals surface area contributed by atoms with E-state index in [4.69, 9.17) is 4.74 Å². The maximum Gasteiger partial charge on any atom is 0.171 e. The third-order valence-corrected chi connectivity index (χ3v) is 4.33. The van der Waals surface area contributed by atoms with E-state index in [1.54, 1.807) is 0 Å². The van der Waals surface area contributed by atoms with Gasteiger partial charge in [0.05, 0.1) is 6.61 Å². The standard InChI is InChI=1S/C17H27N3O/c1-2-11-21-16-6-4-10-19-17(16)20(15-7-8-15)13-14-5-3-9-18-12-14/h4,6,10,14-15,18H,2-3,5,7-9,11-13H2,1H3. The highest BCUT2D eigenvalue weighted by atomic mass is 16.5. The molecular weight excluding hydrogens is 262 g/mol. The Bertz CT molecular complexity index is 441. The normalized spacial score (nSPS) is 22.0. The summed E-state index contributed by atoms with van der Waals surface area (Å²) in [5.41, 5.74) is 0. The van der Waals surface area contributed by atoms with E-state index in [2.05, 4.69) is 28.2 Å². The van der Waals surface area contributed by atoms with Crippen molar-refractivity contribution in [2.24, 2.45) is 5.92 Å². The van der Waals surface area contributed by atoms with Gasteiger partial charge in [-0.15, -0.1) is 0 Å². The molecule has 0 bridgehead atoms. The zero-order valence-corrected chi connectivity index (χ0v) is 13.1. The van der Waals surface area contributed by atoms with Gasteiger partial charge in [0.25, 0.3) is 0 Å². The largest absolute Gasteiger partial charge is 0.490 e. The van der Waals surface area contributed by atoms with Gasteiger partial charge in [-0.2, -0.15) is 0 Å². The monoisotopic (exact) mass is 289 g/mol. The van der Waals surface area contributed by atoms with Crippen LogP contribution in [-0.2, 0) is 0 Å². The summed E-state index contributed by atoms with van der Waals surface area (Å²) in [7, 11) is 0. The number of ether oxygens (including phenoxy) is 1. The molecule has 1 aliphatic carbocycles. The number of pyridine rings is 1. The van der Waals surface area contributed by atoms with Crippen LogP contribution in [0.15, 0.2) is 18.3 Å². The fraction of sp³-hybridized carbons (Fsp3) is 0.706. The number of rotatable bonds is 7. The second-order valence-corrected chi connectivity index (χ2v) is 6.27. The molecule has 1 unspecified atom stereocenters. The quantitative estimate of drug-likeness (QED) is 0.837. The van der Waals surface area contributed by atoms with Crippen LogP contribution < -0.4 is 15.0 Å². The number of hydrogen-bond acceptors (Lipinski definition) is 4. The first-order valence-electron chi connectivity index (χ1n) is 8.43. The Morgan fingerprint density at radius 1 is 1.38 bits per heavy atom. The van der Waals surface area contributed by atoms with Crippen molar-refractivity contribution in [1.29, 1.82) is 0 Å². The molecule has 2 fully saturated rings. The molecule has 116 valence electrons. The lowest BCUT2D eigenvalue weighted by Gasteiger charge is -2.32. The molecular formula is C17H27N3O. The van der Waals surface area contributed by atoms with Crippen molar-refractivity contribution >= 4 is 5.82 Å². The number of hydrogen-bond donors (Lipinski definition) is 1. The molecule has 1 aromatic heterocycles. The van der Waals surface area contributed by atoms with Crippen LogP contribution in [0.5, 0.6) is 5.75 Å². The van der Waals surface area contributed by atoms with E-state index in [0.717, 1.165) is 43.6 Å². The maximum atomic E-state index is 5.91. The van der Waals surface area contributed by atoms with E-state index in [9.17, 15) is 0 Å². The topological polar surface area (TPSA) is 37.4 Å². The van der Waals surface area contributed by atoms with Gasteiger partial charge in [0, 0.05) is 18.8 Å². The summed E-state index contributed by atoms with van der Waals surface area (Å²) >= 11 is 0. The van der Waals surface area contributed by atoms with Crippen LogP contribution in [0.25, 0.3) is 0 Å². The lowest BCUT2D eigenvalue weighted by molar-refractivity contribution is 0.314. The van der Waals surface area contributed by atoms with Gasteiger partial charge in [0.2, 0.25) is 0 Å². The van der Waals surface area contributed by atoms with Gasteiger partial charge < -0.3 is 15.0 Å². The molecule has 1 saturated heterocycles. The SMILES string of the molecule is CCCOc1cccnc1N(CC1CCCNC1)C1CC1. The van der Waals surface area contributed by atoms with Gasteiger partial charge >= 0.3 is 0 Å². The minimum absolute atomic E-state index is 0.672. The van der Waals surface area contributed by atoms with E-state index < -0.39 is 0 Å². The lowest BCUT2D eigenvalue weighted by atomic mass is 9.99. The molecule has 1 aromatic rings. The molecule has 1 saturated carbocycles. The van der Waals surface area contributed by atoms with Crippen molar-refractivity contribution in [3.05, 3.63) is 18.3 Å². The summed E-state index contributed by atoms with van der Waals surface area (Å²) in [5, 5.41) is 3.52. The van der Waals surface area contributed by atoms with Gasteiger partial charge in [0.15, 0.2) is 11.6 Å². The number of nitrogens with zero attached hydrogens (tertiary/aromatic N) is 2. The molecule has 1 atom stereocenters. The number of aromatic nitrogens is 1. The minimum Gasteiger partial charge on any atom is -0.490 e. The van der Waals surface area contributed by atoms with E-state index >= 15 is 0 Å². The predicted molar refractivity (Wildman–Crippen MR) is 86.0 cm³/mol. The molecule has 2 aliphatic rings. The molecule has 1 aliphatic heterocycles. The van der Waals surface area contributed by atoms with Crippen LogP contribution in [-0.4, -0.2) is 37.3 Å². The third-order valence-electron chi connectivity index (χ3n) is 4.33. The summed E-state index contributed by atoms with van der Waals surface area (Å²) in [5.74, 6) is 2.74. The third kappa shape index (κ3) is 3.88. The second kappa shape index (κ2) is 7.12. The van der Waals surface area contributed by atoms with Crippen LogP contribution in [0, 0.1) is 5.92 Å². The Kier molecular flexibility index (Phi) is 4.96. The van der Waals surface area contributed by atoms with E-state index in [1.807, 2.05) is 12.3 Å². The molecule has 1 N–H and O–H groups in total. The average Bonchev–Trinajstić information content (AvgIpc) is 3.37. The summed E-state index contributed by atoms with van der Waals surface area (Å²) in [6.45, 7) is 6.33. The molecule has 4 nitrogen and oxygen atoms in total. The van der Waals surface area contributed by atoms with E-state index in [0.29, 0.717) is 6.04 Å². The first-order valence-corrected chi connectivity index (χ1v) is 8.43. The fourth-order valence-electron chi connectivity index (χ4n) is 3.08. The molecule has 0 spiro atoms. The highest BCUT2D eigenvalue weighted by molar-refractivity contribution is 5.53. The fourth-order valence-corrected chi connectivity index (χ4v) is 3.08. The Morgan fingerprint density at radius 2 is 2.29 bits per heavy atom. The molecule has 0 radical (unpaired) electrons. The van der Waals surface area contributed by atoms with Gasteiger partial charge in [-0.05, 0) is 63.2 Å². The molecule has 2 heterocycles. The van der Waals surface area contributed by atoms with E-state index in [1.165, 1.54) is 32.2 Å². The van der Waals surface area contributed by atoms with E-state index in [-0.39, 0.29) is 0 Å². The Morgan fingerprint density at radius 3 is 3.00 bits per heavy atom. The van der Waals surface area contributed by atoms with Crippen LogP contribution in [0.2, 0.25) is 0 Å². The molecule has 4 heteroatoms. The lowest BCUT2D eigenvalue weighted by Crippen LogP contribution is -2.39. The Balaban J connectivity index is 1.73. The van der Waals surface area contributed by atoms with Crippen LogP contribution in [0.4, 0.5) is 5.82 Å². The summed E-state index contributed by atoms with van der Waals surface area (Å²) in [6, 6.07) is 4.71. The summed E-state index contributed by atoms with van der Waals surface area (Å²) in [4.78, 5) is 7.14. The van der Waals surface area contributed by atoms with Crippen molar-refractivity contribution in [2.45, 2.75) is 45.1 Å². The van der Waals surface area contributed by atoms with Gasteiger partial charge in [-0.25, -0.2) is 4.98 Å². The summed E-state index contributed by atoms with van der Waals surface area (Å²) < 4.78 is 5.91. The van der Waals surface area contributed by atoms with Gasteiger partial charge in [0.1, 0.15) is 0 Å². The van der Waals surface area contributed by atoms with Crippen LogP contribution in [0.1, 0.15) is 39.0 Å². The van der Waals surface area contributed by atoms with Crippen molar-refractivity contribution < 1.29 is 4.74 Å². The van der Waals surface area contributed by atoms with Crippen molar-refractivity contribution in [1.82, 2.24) is 10.3 Å². The molecule has 3 rings (SSSR count). The Labute approximate surface area is 127 Å². The number of anilines is 1. The van der Waals surface area contributed by atoms with Gasteiger partial charge in [-0.1, -0.05) is 6.92 Å². The maximum absolute atomic E-state index is 5.91. The van der Waals surface area contributed by atoms with Crippen molar-refractivity contribution in [3.8, 4) is 5.75 Å². The van der Waals surface area contributed by atoms with Crippen LogP contribution >= 0.6 is 0 Å². The predicted octanol–water partition coefficient (Wildman–Crippen LogP) is 2.84. The summed E-state index contributed by atoms with van der Waals surface area (Å²) in [6.07, 6.45) is 8.14. The zero-order chi connectivity index (χ0) is 14.5. The highest BCUT2D eigenvalue weighted by Gasteiger charge is 2.33. The number of piperidine rings is 1. The van der Waals surface area contributed by atoms with Crippen molar-refractivity contribution in [3.63, 3.8) is 0 Å². The second-order valence-electron chi connectivity index (χ2n) is 6.27. The van der Waals surface area contributed by atoms with Crippen molar-refractivity contribution in [2.75, 3.05) is 31.1 Å².